The Kier molecular flexibility index (Phi) is 11.3. The molecule has 2 atom stereocenters. The van der Waals surface area contributed by atoms with Crippen molar-refractivity contribution >= 4 is 18.1 Å². The minimum absolute atomic E-state index is 0.00983. The van der Waals surface area contributed by atoms with Crippen LogP contribution in [0.15, 0.2) is 0 Å². The van der Waals surface area contributed by atoms with E-state index in [-0.39, 0.29) is 23.9 Å². The molecule has 0 saturated carbocycles. The van der Waals surface area contributed by atoms with Gasteiger partial charge in [0.1, 0.15) is 12.3 Å². The average Bonchev–Trinajstić information content (AvgIpc) is 3.40. The Morgan fingerprint density at radius 2 is 1.34 bits per heavy atom. The molecule has 0 bridgehead atoms. The summed E-state index contributed by atoms with van der Waals surface area (Å²) < 4.78 is 0. The van der Waals surface area contributed by atoms with Crippen molar-refractivity contribution in [2.45, 2.75) is 122 Å². The van der Waals surface area contributed by atoms with Crippen LogP contribution in [0.2, 0.25) is 0 Å². The molecule has 2 unspecified atom stereocenters. The number of likely N-dealkylation sites (tertiary alicyclic amines) is 2. The molecular formula is C24H42N2O3. The van der Waals surface area contributed by atoms with Crippen LogP contribution in [0.5, 0.6) is 0 Å². The van der Waals surface area contributed by atoms with Crippen molar-refractivity contribution in [3.05, 3.63) is 0 Å². The Morgan fingerprint density at radius 1 is 0.793 bits per heavy atom. The molecule has 0 aromatic carbocycles. The molecule has 2 saturated heterocycles. The van der Waals surface area contributed by atoms with Crippen LogP contribution in [0.4, 0.5) is 0 Å². The minimum Gasteiger partial charge on any atom is -0.331 e. The van der Waals surface area contributed by atoms with Gasteiger partial charge in [0.2, 0.25) is 11.8 Å². The van der Waals surface area contributed by atoms with Gasteiger partial charge in [-0.05, 0) is 32.1 Å². The number of amides is 2. The molecule has 0 radical (unpaired) electrons. The zero-order valence-electron chi connectivity index (χ0n) is 18.6. The van der Waals surface area contributed by atoms with E-state index in [1.165, 1.54) is 57.8 Å². The summed E-state index contributed by atoms with van der Waals surface area (Å²) in [7, 11) is 0. The SMILES string of the molecule is CCCCCCCCCCCCCC(=O)N1CCCC1C(=O)N1CCCC1C=O. The van der Waals surface area contributed by atoms with E-state index >= 15 is 0 Å². The second kappa shape index (κ2) is 13.8. The molecule has 166 valence electrons. The summed E-state index contributed by atoms with van der Waals surface area (Å²) in [6.07, 6.45) is 18.7. The molecule has 2 fully saturated rings. The van der Waals surface area contributed by atoms with Crippen LogP contribution >= 0.6 is 0 Å². The van der Waals surface area contributed by atoms with E-state index in [0.717, 1.165) is 44.8 Å². The van der Waals surface area contributed by atoms with Crippen LogP contribution in [0.3, 0.4) is 0 Å². The number of hydrogen-bond donors (Lipinski definition) is 0. The molecule has 2 amide bonds. The van der Waals surface area contributed by atoms with Crippen molar-refractivity contribution in [3.63, 3.8) is 0 Å². The number of rotatable bonds is 14. The van der Waals surface area contributed by atoms with Gasteiger partial charge in [-0.25, -0.2) is 0 Å². The van der Waals surface area contributed by atoms with Gasteiger partial charge in [0.05, 0.1) is 6.04 Å². The van der Waals surface area contributed by atoms with Crippen LogP contribution in [-0.2, 0) is 14.4 Å². The molecule has 5 heteroatoms. The van der Waals surface area contributed by atoms with Crippen LogP contribution < -0.4 is 0 Å². The number of aldehydes is 1. The first-order valence-corrected chi connectivity index (χ1v) is 12.2. The molecule has 0 spiro atoms. The fourth-order valence-corrected chi connectivity index (χ4v) is 4.80. The Bertz CT molecular complexity index is 508. The molecule has 0 aliphatic carbocycles. The van der Waals surface area contributed by atoms with Gasteiger partial charge in [-0.3, -0.25) is 9.59 Å². The highest BCUT2D eigenvalue weighted by Crippen LogP contribution is 2.25. The van der Waals surface area contributed by atoms with Crippen molar-refractivity contribution in [2.24, 2.45) is 0 Å². The van der Waals surface area contributed by atoms with E-state index in [1.807, 2.05) is 0 Å². The summed E-state index contributed by atoms with van der Waals surface area (Å²) in [5.41, 5.74) is 0. The zero-order chi connectivity index (χ0) is 20.9. The Morgan fingerprint density at radius 3 is 1.97 bits per heavy atom. The lowest BCUT2D eigenvalue weighted by atomic mass is 10.0. The Labute approximate surface area is 177 Å². The van der Waals surface area contributed by atoms with E-state index in [4.69, 9.17) is 0 Å². The number of carbonyl (C=O) groups is 3. The van der Waals surface area contributed by atoms with E-state index < -0.39 is 0 Å². The van der Waals surface area contributed by atoms with Crippen LogP contribution in [0, 0.1) is 0 Å². The largest absolute Gasteiger partial charge is 0.331 e. The van der Waals surface area contributed by atoms with E-state index in [0.29, 0.717) is 19.5 Å². The lowest BCUT2D eigenvalue weighted by molar-refractivity contribution is -0.145. The van der Waals surface area contributed by atoms with Crippen LogP contribution in [0.1, 0.15) is 110 Å². The molecule has 0 N–H and O–H groups in total. The summed E-state index contributed by atoms with van der Waals surface area (Å²) in [4.78, 5) is 40.2. The standard InChI is InChI=1S/C24H42N2O3/c1-2-3-4-5-6-7-8-9-10-11-12-17-23(28)26-19-14-16-22(26)24(29)25-18-13-15-21(25)20-27/h20-22H,2-19H2,1H3. The van der Waals surface area contributed by atoms with E-state index in [9.17, 15) is 14.4 Å². The zero-order valence-corrected chi connectivity index (χ0v) is 18.6. The summed E-state index contributed by atoms with van der Waals surface area (Å²) in [6, 6.07) is -0.623. The number of unbranched alkanes of at least 4 members (excludes halogenated alkanes) is 10. The maximum absolute atomic E-state index is 12.9. The molecular weight excluding hydrogens is 364 g/mol. The van der Waals surface area contributed by atoms with Gasteiger partial charge in [0, 0.05) is 19.5 Å². The van der Waals surface area contributed by atoms with Gasteiger partial charge in [0.15, 0.2) is 0 Å². The third kappa shape index (κ3) is 7.75. The number of hydrogen-bond acceptors (Lipinski definition) is 3. The van der Waals surface area contributed by atoms with Gasteiger partial charge in [-0.15, -0.1) is 0 Å². The maximum Gasteiger partial charge on any atom is 0.245 e. The van der Waals surface area contributed by atoms with Gasteiger partial charge >= 0.3 is 0 Å². The highest BCUT2D eigenvalue weighted by atomic mass is 16.2. The van der Waals surface area contributed by atoms with Crippen molar-refractivity contribution < 1.29 is 14.4 Å². The third-order valence-corrected chi connectivity index (χ3v) is 6.59. The lowest BCUT2D eigenvalue weighted by Gasteiger charge is -2.29. The third-order valence-electron chi connectivity index (χ3n) is 6.59. The minimum atomic E-state index is -0.337. The second-order valence-corrected chi connectivity index (χ2v) is 8.91. The van der Waals surface area contributed by atoms with Crippen molar-refractivity contribution in [2.75, 3.05) is 13.1 Å². The second-order valence-electron chi connectivity index (χ2n) is 8.91. The number of carbonyl (C=O) groups excluding carboxylic acids is 3. The predicted octanol–water partition coefficient (Wildman–Crippen LogP) is 4.87. The first kappa shape index (κ1) is 23.9. The monoisotopic (exact) mass is 406 g/mol. The summed E-state index contributed by atoms with van der Waals surface area (Å²) in [6.45, 7) is 3.59. The summed E-state index contributed by atoms with van der Waals surface area (Å²) in [5.74, 6) is 0.114. The van der Waals surface area contributed by atoms with Gasteiger partial charge in [-0.1, -0.05) is 71.1 Å². The highest BCUT2D eigenvalue weighted by Gasteiger charge is 2.39. The quantitative estimate of drug-likeness (QED) is 0.305. The van der Waals surface area contributed by atoms with Gasteiger partial charge in [-0.2, -0.15) is 0 Å². The summed E-state index contributed by atoms with van der Waals surface area (Å²) in [5, 5.41) is 0. The van der Waals surface area contributed by atoms with E-state index in [1.54, 1.807) is 9.80 Å². The van der Waals surface area contributed by atoms with Crippen molar-refractivity contribution in [1.29, 1.82) is 0 Å². The lowest BCUT2D eigenvalue weighted by Crippen LogP contribution is -2.49. The normalized spacial score (nSPS) is 21.7. The fourth-order valence-electron chi connectivity index (χ4n) is 4.80. The molecule has 2 aliphatic rings. The van der Waals surface area contributed by atoms with Crippen molar-refractivity contribution in [1.82, 2.24) is 9.80 Å². The molecule has 0 aromatic rings. The fraction of sp³-hybridized carbons (Fsp3) is 0.875. The topological polar surface area (TPSA) is 57.7 Å². The Hall–Kier alpha value is -1.39. The molecule has 2 rings (SSSR count). The molecule has 0 aromatic heterocycles. The maximum atomic E-state index is 12.9. The van der Waals surface area contributed by atoms with Crippen LogP contribution in [-0.4, -0.2) is 53.1 Å². The molecule has 5 nitrogen and oxygen atoms in total. The Balaban J connectivity index is 1.58. The van der Waals surface area contributed by atoms with Crippen LogP contribution in [0.25, 0.3) is 0 Å². The molecule has 29 heavy (non-hydrogen) atoms. The summed E-state index contributed by atoms with van der Waals surface area (Å²) >= 11 is 0. The van der Waals surface area contributed by atoms with E-state index in [2.05, 4.69) is 6.92 Å². The molecule has 2 heterocycles. The van der Waals surface area contributed by atoms with Gasteiger partial charge in [0.25, 0.3) is 0 Å². The molecule has 2 aliphatic heterocycles. The first-order valence-electron chi connectivity index (χ1n) is 12.2. The highest BCUT2D eigenvalue weighted by molar-refractivity contribution is 5.90. The predicted molar refractivity (Wildman–Crippen MR) is 117 cm³/mol. The van der Waals surface area contributed by atoms with Crippen molar-refractivity contribution in [3.8, 4) is 0 Å². The number of nitrogens with zero attached hydrogens (tertiary/aromatic N) is 2. The van der Waals surface area contributed by atoms with Gasteiger partial charge < -0.3 is 14.6 Å². The first-order chi connectivity index (χ1) is 14.2. The smallest absolute Gasteiger partial charge is 0.245 e. The average molecular weight is 407 g/mol.